The highest BCUT2D eigenvalue weighted by Crippen LogP contribution is 2.11. The van der Waals surface area contributed by atoms with E-state index in [2.05, 4.69) is 20.9 Å². The monoisotopic (exact) mass is 337 g/mol. The van der Waals surface area contributed by atoms with E-state index < -0.39 is 0 Å². The summed E-state index contributed by atoms with van der Waals surface area (Å²) >= 11 is 0. The van der Waals surface area contributed by atoms with Crippen LogP contribution in [0.4, 0.5) is 0 Å². The number of aliphatic hydroxyl groups is 1. The van der Waals surface area contributed by atoms with Gasteiger partial charge < -0.3 is 26.6 Å². The Morgan fingerprint density at radius 3 is 1.37 bits per heavy atom. The van der Waals surface area contributed by atoms with E-state index in [-0.39, 0.29) is 17.0 Å². The molecule has 0 heterocycles. The lowest BCUT2D eigenvalue weighted by molar-refractivity contribution is -0.927. The average Bonchev–Trinajstić information content (AvgIpc) is 2.38. The van der Waals surface area contributed by atoms with Crippen molar-refractivity contribution in [2.24, 2.45) is 0 Å². The molecule has 2 nitrogen and oxygen atoms in total. The molecule has 0 unspecified atom stereocenters. The van der Waals surface area contributed by atoms with Crippen molar-refractivity contribution in [1.82, 2.24) is 0 Å². The van der Waals surface area contributed by atoms with Gasteiger partial charge in [-0.2, -0.15) is 0 Å². The zero-order valence-corrected chi connectivity index (χ0v) is 15.1. The molecule has 0 amide bonds. The van der Waals surface area contributed by atoms with Crippen molar-refractivity contribution in [3.8, 4) is 0 Å². The molecular formula is C16H36BrNO. The van der Waals surface area contributed by atoms with E-state index in [1.54, 1.807) is 0 Å². The maximum atomic E-state index is 9.56. The fourth-order valence-electron chi connectivity index (χ4n) is 2.45. The van der Waals surface area contributed by atoms with Crippen molar-refractivity contribution in [3.05, 3.63) is 0 Å². The Bertz CT molecular complexity index is 162. The quantitative estimate of drug-likeness (QED) is 0.305. The van der Waals surface area contributed by atoms with Crippen LogP contribution in [0.2, 0.25) is 0 Å². The van der Waals surface area contributed by atoms with E-state index in [4.69, 9.17) is 0 Å². The molecule has 0 fully saturated rings. The number of aliphatic hydroxyl groups excluding tert-OH is 1. The van der Waals surface area contributed by atoms with Crippen molar-refractivity contribution < 1.29 is 26.6 Å². The molecule has 0 saturated carbocycles. The number of quaternary nitrogens is 1. The van der Waals surface area contributed by atoms with Crippen LogP contribution in [0.5, 0.6) is 0 Å². The van der Waals surface area contributed by atoms with Crippen LogP contribution in [-0.2, 0) is 0 Å². The van der Waals surface area contributed by atoms with Gasteiger partial charge in [0.05, 0.1) is 20.1 Å². The largest absolute Gasteiger partial charge is 1.00 e. The number of hydrogen-bond donors (Lipinski definition) is 1. The lowest BCUT2D eigenvalue weighted by atomic mass is 10.1. The van der Waals surface area contributed by atoms with Gasteiger partial charge in [0, 0.05) is 0 Å². The van der Waals surface area contributed by atoms with Gasteiger partial charge in [0.25, 0.3) is 0 Å². The zero-order valence-electron chi connectivity index (χ0n) is 13.5. The van der Waals surface area contributed by atoms with E-state index in [1.807, 2.05) is 0 Å². The van der Waals surface area contributed by atoms with E-state index in [9.17, 15) is 5.11 Å². The Labute approximate surface area is 131 Å². The van der Waals surface area contributed by atoms with Gasteiger partial charge in [0.2, 0.25) is 0 Å². The Morgan fingerprint density at radius 2 is 1.05 bits per heavy atom. The van der Waals surface area contributed by atoms with Gasteiger partial charge in [0.15, 0.2) is 6.73 Å². The molecule has 0 aliphatic heterocycles. The molecule has 1 N–H and O–H groups in total. The van der Waals surface area contributed by atoms with Crippen LogP contribution in [0.3, 0.4) is 0 Å². The van der Waals surface area contributed by atoms with Gasteiger partial charge in [0.1, 0.15) is 0 Å². The molecule has 19 heavy (non-hydrogen) atoms. The topological polar surface area (TPSA) is 20.2 Å². The van der Waals surface area contributed by atoms with E-state index in [0.717, 1.165) is 17.6 Å². The summed E-state index contributed by atoms with van der Waals surface area (Å²) in [6.07, 6.45) is 13.3. The standard InChI is InChI=1S/C16H36NO.BrH/c1-4-6-8-10-12-14-17(3,16-18)15-13-11-9-7-5-2;/h18H,4-16H2,1-3H3;1H/q+1;/p-1. The van der Waals surface area contributed by atoms with Crippen LogP contribution in [0, 0.1) is 0 Å². The third kappa shape index (κ3) is 13.1. The highest BCUT2D eigenvalue weighted by atomic mass is 79.9. The smallest absolute Gasteiger partial charge is 0.180 e. The molecule has 0 rings (SSSR count). The van der Waals surface area contributed by atoms with E-state index in [0.29, 0.717) is 6.73 Å². The maximum absolute atomic E-state index is 9.56. The second kappa shape index (κ2) is 14.8. The van der Waals surface area contributed by atoms with E-state index in [1.165, 1.54) is 64.2 Å². The predicted molar refractivity (Wildman–Crippen MR) is 80.5 cm³/mol. The summed E-state index contributed by atoms with van der Waals surface area (Å²) in [7, 11) is 2.21. The molecular weight excluding hydrogens is 302 g/mol. The third-order valence-corrected chi connectivity index (χ3v) is 3.94. The van der Waals surface area contributed by atoms with E-state index >= 15 is 0 Å². The highest BCUT2D eigenvalue weighted by Gasteiger charge is 2.18. The summed E-state index contributed by atoms with van der Waals surface area (Å²) in [6.45, 7) is 7.11. The van der Waals surface area contributed by atoms with Crippen LogP contribution in [0.15, 0.2) is 0 Å². The molecule has 0 spiro atoms. The Balaban J connectivity index is 0. The predicted octanol–water partition coefficient (Wildman–Crippen LogP) is 1.33. The van der Waals surface area contributed by atoms with Crippen molar-refractivity contribution >= 4 is 0 Å². The first-order chi connectivity index (χ1) is 8.68. The molecule has 0 aliphatic rings. The minimum absolute atomic E-state index is 0. The minimum atomic E-state index is 0. The van der Waals surface area contributed by atoms with Gasteiger partial charge in [-0.3, -0.25) is 0 Å². The first-order valence-corrected chi connectivity index (χ1v) is 8.13. The SMILES string of the molecule is CCCCCCC[N+](C)(CO)CCCCCCC.[Br-]. The molecule has 0 aromatic carbocycles. The molecule has 118 valence electrons. The lowest BCUT2D eigenvalue weighted by Gasteiger charge is -2.32. The Kier molecular flexibility index (Phi) is 16.9. The highest BCUT2D eigenvalue weighted by molar-refractivity contribution is 4.46. The fourth-order valence-corrected chi connectivity index (χ4v) is 2.45. The molecule has 0 aliphatic carbocycles. The van der Waals surface area contributed by atoms with Crippen molar-refractivity contribution in [2.45, 2.75) is 78.1 Å². The fraction of sp³-hybridized carbons (Fsp3) is 1.00. The lowest BCUT2D eigenvalue weighted by Crippen LogP contribution is -3.00. The second-order valence-corrected chi connectivity index (χ2v) is 6.04. The van der Waals surface area contributed by atoms with Crippen LogP contribution in [0.25, 0.3) is 0 Å². The molecule has 0 bridgehead atoms. The normalized spacial score (nSPS) is 11.4. The van der Waals surface area contributed by atoms with Crippen molar-refractivity contribution in [2.75, 3.05) is 26.9 Å². The van der Waals surface area contributed by atoms with Crippen LogP contribution >= 0.6 is 0 Å². The molecule has 0 aromatic rings. The Morgan fingerprint density at radius 1 is 0.684 bits per heavy atom. The van der Waals surface area contributed by atoms with Crippen molar-refractivity contribution in [3.63, 3.8) is 0 Å². The maximum Gasteiger partial charge on any atom is 0.180 e. The van der Waals surface area contributed by atoms with Gasteiger partial charge >= 0.3 is 0 Å². The van der Waals surface area contributed by atoms with Gasteiger partial charge in [-0.05, 0) is 25.7 Å². The first kappa shape index (κ1) is 21.7. The van der Waals surface area contributed by atoms with Gasteiger partial charge in [-0.15, -0.1) is 0 Å². The first-order valence-electron chi connectivity index (χ1n) is 8.13. The summed E-state index contributed by atoms with van der Waals surface area (Å²) < 4.78 is 0.859. The molecule has 0 saturated heterocycles. The van der Waals surface area contributed by atoms with Crippen LogP contribution in [0.1, 0.15) is 78.1 Å². The number of halogens is 1. The minimum Gasteiger partial charge on any atom is -1.00 e. The molecule has 0 aromatic heterocycles. The average molecular weight is 338 g/mol. The summed E-state index contributed by atoms with van der Waals surface area (Å²) in [6, 6.07) is 0. The van der Waals surface area contributed by atoms with Crippen LogP contribution in [-0.4, -0.2) is 36.5 Å². The second-order valence-electron chi connectivity index (χ2n) is 6.04. The summed E-state index contributed by atoms with van der Waals surface area (Å²) in [5, 5.41) is 9.56. The number of unbranched alkanes of at least 4 members (excludes halogenated alkanes) is 8. The van der Waals surface area contributed by atoms with Gasteiger partial charge in [-0.25, -0.2) is 0 Å². The molecule has 0 radical (unpaired) electrons. The van der Waals surface area contributed by atoms with Gasteiger partial charge in [-0.1, -0.05) is 52.4 Å². The number of nitrogens with zero attached hydrogens (tertiary/aromatic N) is 1. The summed E-state index contributed by atoms with van der Waals surface area (Å²) in [5.74, 6) is 0. The summed E-state index contributed by atoms with van der Waals surface area (Å²) in [5.41, 5.74) is 0. The number of hydrogen-bond acceptors (Lipinski definition) is 1. The summed E-state index contributed by atoms with van der Waals surface area (Å²) in [4.78, 5) is 0. The number of rotatable bonds is 13. The molecule has 3 heteroatoms. The zero-order chi connectivity index (χ0) is 13.7. The third-order valence-electron chi connectivity index (χ3n) is 3.94. The Hall–Kier alpha value is 0.400. The molecule has 0 atom stereocenters. The van der Waals surface area contributed by atoms with Crippen molar-refractivity contribution in [1.29, 1.82) is 0 Å². The van der Waals surface area contributed by atoms with Crippen LogP contribution < -0.4 is 17.0 Å².